The zero-order valence-corrected chi connectivity index (χ0v) is 23.5. The number of aliphatic imine (C=N–C) groups is 1. The van der Waals surface area contributed by atoms with Crippen molar-refractivity contribution in [1.29, 1.82) is 0 Å². The van der Waals surface area contributed by atoms with E-state index in [4.69, 9.17) is 26.3 Å². The zero-order valence-electron chi connectivity index (χ0n) is 21.1. The largest absolute Gasteiger partial charge is 0.489 e. The first-order valence-corrected chi connectivity index (χ1v) is 14.6. The number of aromatic nitrogens is 1. The zero-order chi connectivity index (χ0) is 27.3. The molecule has 1 aliphatic heterocycles. The van der Waals surface area contributed by atoms with Crippen LogP contribution in [0.2, 0.25) is 5.02 Å². The molecular weight excluding hydrogens is 558 g/mol. The van der Waals surface area contributed by atoms with Gasteiger partial charge in [0.15, 0.2) is 5.17 Å². The highest BCUT2D eigenvalue weighted by Crippen LogP contribution is 2.38. The number of anilines is 1. The van der Waals surface area contributed by atoms with Gasteiger partial charge in [0.1, 0.15) is 12.4 Å². The summed E-state index contributed by atoms with van der Waals surface area (Å²) in [5.74, 6) is 0.590. The number of nitrogens with zero attached hydrogens (tertiary/aromatic N) is 3. The quantitative estimate of drug-likeness (QED) is 0.181. The van der Waals surface area contributed by atoms with Crippen molar-refractivity contribution in [3.05, 3.63) is 136 Å². The topological polar surface area (TPSA) is 54.8 Å². The van der Waals surface area contributed by atoms with E-state index in [-0.39, 0.29) is 5.91 Å². The lowest BCUT2D eigenvalue weighted by Crippen LogP contribution is -2.28. The SMILES string of the molecule is O=C1/C(=C/c2ccc(OCc3ccccc3Cl)cc2)S/C(=N/c2nc(-c3ccccc3)cs2)N1c1ccccc1. The van der Waals surface area contributed by atoms with E-state index in [2.05, 4.69) is 0 Å². The van der Waals surface area contributed by atoms with Crippen molar-refractivity contribution in [3.8, 4) is 17.0 Å². The molecule has 1 amide bonds. The number of thioether (sulfide) groups is 1. The molecule has 6 rings (SSSR count). The lowest BCUT2D eigenvalue weighted by Gasteiger charge is -2.14. The van der Waals surface area contributed by atoms with Crippen LogP contribution in [0.4, 0.5) is 10.8 Å². The summed E-state index contributed by atoms with van der Waals surface area (Å²) in [7, 11) is 0. The Morgan fingerprint density at radius 1 is 0.875 bits per heavy atom. The fourth-order valence-corrected chi connectivity index (χ4v) is 6.01. The third-order valence-corrected chi connectivity index (χ3v) is 8.18. The summed E-state index contributed by atoms with van der Waals surface area (Å²) < 4.78 is 5.90. The molecule has 0 unspecified atom stereocenters. The van der Waals surface area contributed by atoms with Gasteiger partial charge in [-0.15, -0.1) is 11.3 Å². The van der Waals surface area contributed by atoms with Gasteiger partial charge in [-0.2, -0.15) is 4.99 Å². The highest BCUT2D eigenvalue weighted by molar-refractivity contribution is 8.19. The van der Waals surface area contributed by atoms with Crippen LogP contribution in [0.1, 0.15) is 11.1 Å². The fourth-order valence-electron chi connectivity index (χ4n) is 4.08. The van der Waals surface area contributed by atoms with Gasteiger partial charge in [-0.1, -0.05) is 90.5 Å². The van der Waals surface area contributed by atoms with Gasteiger partial charge >= 0.3 is 0 Å². The first-order chi connectivity index (χ1) is 19.6. The number of thiazole rings is 1. The van der Waals surface area contributed by atoms with Gasteiger partial charge in [-0.05, 0) is 53.7 Å². The van der Waals surface area contributed by atoms with Crippen LogP contribution in [0.25, 0.3) is 17.3 Å². The number of ether oxygens (including phenoxy) is 1. The van der Waals surface area contributed by atoms with Crippen molar-refractivity contribution in [1.82, 2.24) is 4.98 Å². The molecule has 8 heteroatoms. The van der Waals surface area contributed by atoms with Gasteiger partial charge in [0.2, 0.25) is 5.13 Å². The first-order valence-electron chi connectivity index (χ1n) is 12.5. The van der Waals surface area contributed by atoms with E-state index in [1.807, 2.05) is 121 Å². The van der Waals surface area contributed by atoms with E-state index in [1.165, 1.54) is 23.1 Å². The average molecular weight is 580 g/mol. The predicted molar refractivity (Wildman–Crippen MR) is 166 cm³/mol. The Morgan fingerprint density at radius 2 is 1.57 bits per heavy atom. The van der Waals surface area contributed by atoms with Crippen LogP contribution in [-0.2, 0) is 11.4 Å². The molecule has 196 valence electrons. The number of benzene rings is 4. The fraction of sp³-hybridized carbons (Fsp3) is 0.0312. The van der Waals surface area contributed by atoms with Crippen molar-refractivity contribution in [2.75, 3.05) is 4.90 Å². The predicted octanol–water partition coefficient (Wildman–Crippen LogP) is 8.85. The molecule has 0 spiro atoms. The van der Waals surface area contributed by atoms with Crippen LogP contribution in [-0.4, -0.2) is 16.1 Å². The number of amidine groups is 1. The van der Waals surface area contributed by atoms with Crippen molar-refractivity contribution in [3.63, 3.8) is 0 Å². The number of carbonyl (C=O) groups is 1. The number of hydrogen-bond acceptors (Lipinski definition) is 6. The number of hydrogen-bond donors (Lipinski definition) is 0. The normalized spacial score (nSPS) is 15.2. The number of rotatable bonds is 7. The summed E-state index contributed by atoms with van der Waals surface area (Å²) in [5.41, 5.74) is 4.45. The molecule has 1 aliphatic rings. The molecular formula is C32H22ClN3O2S2. The minimum Gasteiger partial charge on any atom is -0.489 e. The van der Waals surface area contributed by atoms with Crippen LogP contribution in [0.5, 0.6) is 5.75 Å². The summed E-state index contributed by atoms with van der Waals surface area (Å²) in [4.78, 5) is 25.3. The summed E-state index contributed by atoms with van der Waals surface area (Å²) in [6, 6.07) is 34.8. The van der Waals surface area contributed by atoms with Crippen LogP contribution >= 0.6 is 34.7 Å². The Labute approximate surface area is 245 Å². The van der Waals surface area contributed by atoms with E-state index in [1.54, 1.807) is 4.90 Å². The molecule has 1 fully saturated rings. The van der Waals surface area contributed by atoms with Crippen LogP contribution in [0.3, 0.4) is 0 Å². The second kappa shape index (κ2) is 11.9. The maximum absolute atomic E-state index is 13.6. The van der Waals surface area contributed by atoms with E-state index < -0.39 is 0 Å². The molecule has 5 aromatic rings. The minimum atomic E-state index is -0.131. The summed E-state index contributed by atoms with van der Waals surface area (Å²) >= 11 is 9.02. The highest BCUT2D eigenvalue weighted by atomic mass is 35.5. The Balaban J connectivity index is 1.24. The van der Waals surface area contributed by atoms with Gasteiger partial charge in [0, 0.05) is 21.5 Å². The minimum absolute atomic E-state index is 0.131. The molecule has 4 aromatic carbocycles. The Bertz CT molecular complexity index is 1700. The van der Waals surface area contributed by atoms with Crippen LogP contribution in [0, 0.1) is 0 Å². The third kappa shape index (κ3) is 5.87. The van der Waals surface area contributed by atoms with E-state index in [0.717, 1.165) is 33.8 Å². The lowest BCUT2D eigenvalue weighted by atomic mass is 10.2. The Kier molecular flexibility index (Phi) is 7.77. The van der Waals surface area contributed by atoms with Gasteiger partial charge in [0.05, 0.1) is 16.3 Å². The van der Waals surface area contributed by atoms with Gasteiger partial charge in [-0.3, -0.25) is 9.69 Å². The van der Waals surface area contributed by atoms with Crippen LogP contribution < -0.4 is 9.64 Å². The van der Waals surface area contributed by atoms with Crippen molar-refractivity contribution in [2.24, 2.45) is 4.99 Å². The molecule has 0 radical (unpaired) electrons. The molecule has 1 saturated heterocycles. The smallest absolute Gasteiger partial charge is 0.271 e. The molecule has 0 aliphatic carbocycles. The highest BCUT2D eigenvalue weighted by Gasteiger charge is 2.35. The number of carbonyl (C=O) groups excluding carboxylic acids is 1. The maximum atomic E-state index is 13.6. The van der Waals surface area contributed by atoms with Crippen molar-refractivity contribution in [2.45, 2.75) is 6.61 Å². The standard InChI is InChI=1S/C32H22ClN3O2S2/c33-27-14-8-7-11-24(27)20-38-26-17-15-22(16-18-26)19-29-30(37)36(25-12-5-2-6-13-25)32(40-29)35-31-34-28(21-39-31)23-9-3-1-4-10-23/h1-19,21H,20H2/b29-19-,35-32+. The number of halogens is 1. The molecule has 40 heavy (non-hydrogen) atoms. The van der Waals surface area contributed by atoms with E-state index in [9.17, 15) is 4.79 Å². The summed E-state index contributed by atoms with van der Waals surface area (Å²) in [5, 5.41) is 3.82. The summed E-state index contributed by atoms with van der Waals surface area (Å²) in [6.07, 6.45) is 1.88. The van der Waals surface area contributed by atoms with Gasteiger partial charge in [-0.25, -0.2) is 4.98 Å². The second-order valence-corrected chi connectivity index (χ2v) is 11.1. The summed E-state index contributed by atoms with van der Waals surface area (Å²) in [6.45, 7) is 0.378. The second-order valence-electron chi connectivity index (χ2n) is 8.81. The average Bonchev–Trinajstić information content (AvgIpc) is 3.58. The van der Waals surface area contributed by atoms with Gasteiger partial charge < -0.3 is 4.74 Å². The number of para-hydroxylation sites is 1. The van der Waals surface area contributed by atoms with Gasteiger partial charge in [0.25, 0.3) is 5.91 Å². The molecule has 0 saturated carbocycles. The van der Waals surface area contributed by atoms with Crippen molar-refractivity contribution < 1.29 is 9.53 Å². The van der Waals surface area contributed by atoms with Crippen molar-refractivity contribution >= 4 is 62.7 Å². The van der Waals surface area contributed by atoms with E-state index in [0.29, 0.717) is 26.8 Å². The monoisotopic (exact) mass is 579 g/mol. The van der Waals surface area contributed by atoms with E-state index >= 15 is 0 Å². The molecule has 0 N–H and O–H groups in total. The molecule has 1 aromatic heterocycles. The molecule has 0 atom stereocenters. The molecule has 2 heterocycles. The lowest BCUT2D eigenvalue weighted by molar-refractivity contribution is -0.113. The first kappa shape index (κ1) is 26.1. The Morgan fingerprint density at radius 3 is 2.33 bits per heavy atom. The maximum Gasteiger partial charge on any atom is 0.271 e. The number of amides is 1. The Hall–Kier alpha value is -4.17. The third-order valence-electron chi connectivity index (χ3n) is 6.10. The molecule has 0 bridgehead atoms. The molecule has 5 nitrogen and oxygen atoms in total. The van der Waals surface area contributed by atoms with Crippen LogP contribution in [0.15, 0.2) is 124 Å².